The molecule has 1 nitrogen and oxygen atoms in total. The van der Waals surface area contributed by atoms with Gasteiger partial charge < -0.3 is 0 Å². The van der Waals surface area contributed by atoms with Gasteiger partial charge in [-0.3, -0.25) is 4.79 Å². The van der Waals surface area contributed by atoms with Crippen LogP contribution in [-0.2, 0) is 4.79 Å². The first-order valence-electron chi connectivity index (χ1n) is 6.52. The Bertz CT molecular complexity index is 170. The second-order valence-corrected chi connectivity index (χ2v) is 5.34. The van der Waals surface area contributed by atoms with Gasteiger partial charge >= 0.3 is 0 Å². The average molecular weight is 212 g/mol. The molecule has 0 aliphatic heterocycles. The molecule has 0 radical (unpaired) electrons. The van der Waals surface area contributed by atoms with E-state index in [1.54, 1.807) is 0 Å². The molecule has 15 heavy (non-hydrogen) atoms. The average Bonchev–Trinajstić information content (AvgIpc) is 2.16. The van der Waals surface area contributed by atoms with Crippen molar-refractivity contribution in [2.75, 3.05) is 0 Å². The number of hydrogen-bond acceptors (Lipinski definition) is 1. The van der Waals surface area contributed by atoms with E-state index >= 15 is 0 Å². The van der Waals surface area contributed by atoms with Crippen LogP contribution in [0.4, 0.5) is 0 Å². The van der Waals surface area contributed by atoms with Gasteiger partial charge in [0.15, 0.2) is 0 Å². The second kappa shape index (κ2) is 7.90. The molecular formula is C14H28O. The van der Waals surface area contributed by atoms with Gasteiger partial charge in [-0.15, -0.1) is 0 Å². The smallest absolute Gasteiger partial charge is 0.138 e. The van der Waals surface area contributed by atoms with Gasteiger partial charge in [0, 0.05) is 11.8 Å². The van der Waals surface area contributed by atoms with E-state index in [2.05, 4.69) is 20.8 Å². The standard InChI is InChI=1S/C14H28O/c1-6-13(14(15)12(4)5)10-8-7-9-11(2)3/h11-13H,6-10H2,1-5H3/t13-/m0/s1. The molecule has 0 fully saturated rings. The summed E-state index contributed by atoms with van der Waals surface area (Å²) in [6.45, 7) is 10.7. The summed E-state index contributed by atoms with van der Waals surface area (Å²) in [6, 6.07) is 0. The summed E-state index contributed by atoms with van der Waals surface area (Å²) >= 11 is 0. The van der Waals surface area contributed by atoms with Crippen LogP contribution in [-0.4, -0.2) is 5.78 Å². The lowest BCUT2D eigenvalue weighted by molar-refractivity contribution is -0.126. The second-order valence-electron chi connectivity index (χ2n) is 5.34. The van der Waals surface area contributed by atoms with Crippen molar-refractivity contribution in [3.05, 3.63) is 0 Å². The van der Waals surface area contributed by atoms with Gasteiger partial charge in [0.25, 0.3) is 0 Å². The summed E-state index contributed by atoms with van der Waals surface area (Å²) in [4.78, 5) is 11.8. The van der Waals surface area contributed by atoms with E-state index < -0.39 is 0 Å². The highest BCUT2D eigenvalue weighted by molar-refractivity contribution is 5.82. The number of unbranched alkanes of at least 4 members (excludes halogenated alkanes) is 1. The highest BCUT2D eigenvalue weighted by Gasteiger charge is 2.18. The van der Waals surface area contributed by atoms with E-state index in [0.29, 0.717) is 11.7 Å². The van der Waals surface area contributed by atoms with E-state index in [1.165, 1.54) is 19.3 Å². The molecule has 0 unspecified atom stereocenters. The van der Waals surface area contributed by atoms with Crippen molar-refractivity contribution < 1.29 is 4.79 Å². The van der Waals surface area contributed by atoms with Gasteiger partial charge in [-0.2, -0.15) is 0 Å². The molecule has 0 aliphatic carbocycles. The van der Waals surface area contributed by atoms with E-state index in [1.807, 2.05) is 13.8 Å². The summed E-state index contributed by atoms with van der Waals surface area (Å²) in [6.07, 6.45) is 5.90. The summed E-state index contributed by atoms with van der Waals surface area (Å²) < 4.78 is 0. The van der Waals surface area contributed by atoms with Crippen molar-refractivity contribution in [2.45, 2.75) is 66.7 Å². The predicted molar refractivity (Wildman–Crippen MR) is 66.9 cm³/mol. The normalized spacial score (nSPS) is 13.5. The van der Waals surface area contributed by atoms with Crippen LogP contribution in [0.25, 0.3) is 0 Å². The van der Waals surface area contributed by atoms with E-state index in [4.69, 9.17) is 0 Å². The SMILES string of the molecule is CC[C@@H](CCCCC(C)C)C(=O)C(C)C. The van der Waals surface area contributed by atoms with Crippen LogP contribution in [0.1, 0.15) is 66.7 Å². The van der Waals surface area contributed by atoms with Gasteiger partial charge in [0.2, 0.25) is 0 Å². The lowest BCUT2D eigenvalue weighted by atomic mass is 9.88. The fourth-order valence-corrected chi connectivity index (χ4v) is 1.96. The monoisotopic (exact) mass is 212 g/mol. The molecule has 90 valence electrons. The first-order valence-corrected chi connectivity index (χ1v) is 6.52. The molecule has 1 atom stereocenters. The zero-order valence-corrected chi connectivity index (χ0v) is 11.2. The van der Waals surface area contributed by atoms with Crippen molar-refractivity contribution in [3.63, 3.8) is 0 Å². The van der Waals surface area contributed by atoms with Crippen LogP contribution >= 0.6 is 0 Å². The Morgan fingerprint density at radius 1 is 1.00 bits per heavy atom. The largest absolute Gasteiger partial charge is 0.299 e. The first kappa shape index (κ1) is 14.7. The zero-order valence-electron chi connectivity index (χ0n) is 11.2. The Kier molecular flexibility index (Phi) is 7.72. The fraction of sp³-hybridized carbons (Fsp3) is 0.929. The van der Waals surface area contributed by atoms with Crippen LogP contribution in [0.3, 0.4) is 0 Å². The molecule has 0 amide bonds. The number of ketones is 1. The maximum atomic E-state index is 11.8. The lowest BCUT2D eigenvalue weighted by Crippen LogP contribution is -2.19. The van der Waals surface area contributed by atoms with Crippen LogP contribution < -0.4 is 0 Å². The van der Waals surface area contributed by atoms with Crippen molar-refractivity contribution in [2.24, 2.45) is 17.8 Å². The highest BCUT2D eigenvalue weighted by atomic mass is 16.1. The van der Waals surface area contributed by atoms with Crippen LogP contribution in [0.2, 0.25) is 0 Å². The molecule has 0 rings (SSSR count). The Balaban J connectivity index is 3.76. The maximum Gasteiger partial charge on any atom is 0.138 e. The van der Waals surface area contributed by atoms with E-state index in [0.717, 1.165) is 18.8 Å². The van der Waals surface area contributed by atoms with E-state index in [-0.39, 0.29) is 5.92 Å². The molecule has 0 saturated carbocycles. The first-order chi connectivity index (χ1) is 6.99. The third-order valence-corrected chi connectivity index (χ3v) is 3.05. The summed E-state index contributed by atoms with van der Waals surface area (Å²) in [5.74, 6) is 1.78. The Hall–Kier alpha value is -0.330. The van der Waals surface area contributed by atoms with Gasteiger partial charge in [0.05, 0.1) is 0 Å². The number of rotatable bonds is 8. The molecular weight excluding hydrogens is 184 g/mol. The zero-order chi connectivity index (χ0) is 11.8. The number of hydrogen-bond donors (Lipinski definition) is 0. The molecule has 0 aromatic heterocycles. The molecule has 0 aromatic carbocycles. The van der Waals surface area contributed by atoms with Gasteiger partial charge in [-0.1, -0.05) is 53.9 Å². The third kappa shape index (κ3) is 6.70. The number of carbonyl (C=O) groups excluding carboxylic acids is 1. The Morgan fingerprint density at radius 3 is 1.93 bits per heavy atom. The number of Topliss-reactive ketones (excluding diaryl/α,β-unsaturated/α-hetero) is 1. The minimum Gasteiger partial charge on any atom is -0.299 e. The number of carbonyl (C=O) groups is 1. The fourth-order valence-electron chi connectivity index (χ4n) is 1.96. The molecule has 0 saturated heterocycles. The minimum absolute atomic E-state index is 0.208. The Labute approximate surface area is 95.6 Å². The molecule has 0 bridgehead atoms. The van der Waals surface area contributed by atoms with Gasteiger partial charge in [-0.25, -0.2) is 0 Å². The Morgan fingerprint density at radius 2 is 1.53 bits per heavy atom. The molecule has 1 heteroatoms. The van der Waals surface area contributed by atoms with Crippen molar-refractivity contribution in [3.8, 4) is 0 Å². The van der Waals surface area contributed by atoms with Crippen LogP contribution in [0.5, 0.6) is 0 Å². The minimum atomic E-state index is 0.208. The van der Waals surface area contributed by atoms with Gasteiger partial charge in [0.1, 0.15) is 5.78 Å². The van der Waals surface area contributed by atoms with Crippen molar-refractivity contribution >= 4 is 5.78 Å². The summed E-state index contributed by atoms with van der Waals surface area (Å²) in [5.41, 5.74) is 0. The van der Waals surface area contributed by atoms with Crippen LogP contribution in [0.15, 0.2) is 0 Å². The maximum absolute atomic E-state index is 11.8. The molecule has 0 N–H and O–H groups in total. The predicted octanol–water partition coefficient (Wildman–Crippen LogP) is 4.45. The molecule has 0 spiro atoms. The van der Waals surface area contributed by atoms with Crippen molar-refractivity contribution in [1.29, 1.82) is 0 Å². The lowest BCUT2D eigenvalue weighted by Gasteiger charge is -2.16. The molecule has 0 aromatic rings. The topological polar surface area (TPSA) is 17.1 Å². The van der Waals surface area contributed by atoms with E-state index in [9.17, 15) is 4.79 Å². The quantitative estimate of drug-likeness (QED) is 0.543. The van der Waals surface area contributed by atoms with Gasteiger partial charge in [-0.05, 0) is 18.8 Å². The highest BCUT2D eigenvalue weighted by Crippen LogP contribution is 2.19. The summed E-state index contributed by atoms with van der Waals surface area (Å²) in [7, 11) is 0. The summed E-state index contributed by atoms with van der Waals surface area (Å²) in [5, 5.41) is 0. The molecule has 0 heterocycles. The molecule has 0 aliphatic rings. The van der Waals surface area contributed by atoms with Crippen LogP contribution in [0, 0.1) is 17.8 Å². The third-order valence-electron chi connectivity index (χ3n) is 3.05. The van der Waals surface area contributed by atoms with Crippen molar-refractivity contribution in [1.82, 2.24) is 0 Å².